The topological polar surface area (TPSA) is 47.6 Å². The van der Waals surface area contributed by atoms with Gasteiger partial charge < -0.3 is 14.6 Å². The normalized spacial score (nSPS) is 22.3. The molecule has 1 amide bonds. The summed E-state index contributed by atoms with van der Waals surface area (Å²) in [5.74, 6) is -0.367. The van der Waals surface area contributed by atoms with Gasteiger partial charge in [0.2, 0.25) is 0 Å². The van der Waals surface area contributed by atoms with Crippen molar-refractivity contribution in [3.63, 3.8) is 0 Å². The zero-order valence-electron chi connectivity index (χ0n) is 16.1. The van der Waals surface area contributed by atoms with E-state index in [1.165, 1.54) is 12.1 Å². The molecule has 1 aromatic carbocycles. The van der Waals surface area contributed by atoms with E-state index < -0.39 is 30.1 Å². The van der Waals surface area contributed by atoms with Gasteiger partial charge in [-0.1, -0.05) is 12.8 Å². The summed E-state index contributed by atoms with van der Waals surface area (Å²) in [4.78, 5) is 12.5. The molecule has 1 heterocycles. The Hall–Kier alpha value is -1.54. The highest BCUT2D eigenvalue weighted by atomic mass is 19.4. The molecule has 0 bridgehead atoms. The molecule has 2 aliphatic rings. The first-order valence-electron chi connectivity index (χ1n) is 9.28. The second kappa shape index (κ2) is 6.81. The number of rotatable bonds is 3. The van der Waals surface area contributed by atoms with Crippen LogP contribution in [0.15, 0.2) is 18.2 Å². The van der Waals surface area contributed by atoms with Gasteiger partial charge in [0.05, 0.1) is 16.8 Å². The molecule has 8 heteroatoms. The predicted octanol–water partition coefficient (Wildman–Crippen LogP) is 3.68. The maximum Gasteiger partial charge on any atom is 0.495 e. The van der Waals surface area contributed by atoms with Crippen LogP contribution in [0.4, 0.5) is 13.2 Å². The third-order valence-electron chi connectivity index (χ3n) is 5.82. The summed E-state index contributed by atoms with van der Waals surface area (Å²) in [6, 6.07) is 3.47. The van der Waals surface area contributed by atoms with Crippen LogP contribution in [0.1, 0.15) is 69.3 Å². The molecule has 1 aromatic rings. The lowest BCUT2D eigenvalue weighted by Crippen LogP contribution is -2.41. The zero-order valence-corrected chi connectivity index (χ0v) is 16.1. The fraction of sp³-hybridized carbons (Fsp3) is 0.632. The van der Waals surface area contributed by atoms with Crippen molar-refractivity contribution in [3.05, 3.63) is 29.3 Å². The quantitative estimate of drug-likeness (QED) is 0.811. The Kier molecular flexibility index (Phi) is 5.10. The number of carbonyl (C=O) groups excluding carboxylic acids is 1. The molecule has 0 atom stereocenters. The van der Waals surface area contributed by atoms with Gasteiger partial charge in [0, 0.05) is 11.6 Å². The van der Waals surface area contributed by atoms with Crippen molar-refractivity contribution in [2.45, 2.75) is 76.8 Å². The second-order valence-corrected chi connectivity index (χ2v) is 8.34. The minimum atomic E-state index is -4.57. The van der Waals surface area contributed by atoms with E-state index in [1.54, 1.807) is 27.7 Å². The molecule has 27 heavy (non-hydrogen) atoms. The van der Waals surface area contributed by atoms with Crippen molar-refractivity contribution >= 4 is 18.5 Å². The highest BCUT2D eigenvalue weighted by molar-refractivity contribution is 6.62. The summed E-state index contributed by atoms with van der Waals surface area (Å²) >= 11 is 0. The first-order chi connectivity index (χ1) is 12.4. The van der Waals surface area contributed by atoms with E-state index in [2.05, 4.69) is 5.32 Å². The summed E-state index contributed by atoms with van der Waals surface area (Å²) in [5, 5.41) is 2.90. The second-order valence-electron chi connectivity index (χ2n) is 8.34. The van der Waals surface area contributed by atoms with Crippen molar-refractivity contribution in [2.24, 2.45) is 0 Å². The molecule has 148 valence electrons. The Morgan fingerprint density at radius 2 is 1.67 bits per heavy atom. The van der Waals surface area contributed by atoms with Gasteiger partial charge in [-0.15, -0.1) is 0 Å². The van der Waals surface area contributed by atoms with Gasteiger partial charge in [-0.25, -0.2) is 0 Å². The Labute approximate surface area is 157 Å². The van der Waals surface area contributed by atoms with Crippen molar-refractivity contribution < 1.29 is 27.3 Å². The van der Waals surface area contributed by atoms with Gasteiger partial charge in [0.15, 0.2) is 0 Å². The van der Waals surface area contributed by atoms with E-state index in [4.69, 9.17) is 9.31 Å². The Morgan fingerprint density at radius 3 is 2.19 bits per heavy atom. The number of nitrogens with one attached hydrogen (secondary N) is 1. The Balaban J connectivity index is 1.94. The van der Waals surface area contributed by atoms with Crippen LogP contribution >= 0.6 is 0 Å². The molecule has 2 fully saturated rings. The van der Waals surface area contributed by atoms with Gasteiger partial charge in [0.25, 0.3) is 5.91 Å². The molecule has 1 saturated carbocycles. The van der Waals surface area contributed by atoms with Crippen LogP contribution in [0.3, 0.4) is 0 Å². The summed E-state index contributed by atoms with van der Waals surface area (Å²) in [6.07, 6.45) is -0.666. The maximum atomic E-state index is 13.5. The first kappa shape index (κ1) is 20.2. The Bertz CT molecular complexity index is 711. The molecule has 0 spiro atoms. The van der Waals surface area contributed by atoms with Crippen LogP contribution in [0.5, 0.6) is 0 Å². The third kappa shape index (κ3) is 4.01. The number of hydrogen-bond acceptors (Lipinski definition) is 3. The summed E-state index contributed by atoms with van der Waals surface area (Å²) < 4.78 is 52.2. The van der Waals surface area contributed by atoms with Gasteiger partial charge >= 0.3 is 13.3 Å². The van der Waals surface area contributed by atoms with Crippen LogP contribution in [0.25, 0.3) is 0 Å². The molecule has 1 saturated heterocycles. The van der Waals surface area contributed by atoms with E-state index >= 15 is 0 Å². The molecular weight excluding hydrogens is 358 g/mol. The molecule has 0 aromatic heterocycles. The van der Waals surface area contributed by atoms with Gasteiger partial charge in [-0.05, 0) is 64.2 Å². The highest BCUT2D eigenvalue weighted by Crippen LogP contribution is 2.38. The summed E-state index contributed by atoms with van der Waals surface area (Å²) in [7, 11) is -1.19. The molecule has 1 N–H and O–H groups in total. The largest absolute Gasteiger partial charge is 0.495 e. The minimum absolute atomic E-state index is 0.0834. The molecule has 4 nitrogen and oxygen atoms in total. The molecule has 3 rings (SSSR count). The number of carbonyl (C=O) groups is 1. The monoisotopic (exact) mass is 383 g/mol. The summed E-state index contributed by atoms with van der Waals surface area (Å²) in [6.45, 7) is 7.10. The predicted molar refractivity (Wildman–Crippen MR) is 96.9 cm³/mol. The van der Waals surface area contributed by atoms with Crippen LogP contribution in [-0.4, -0.2) is 30.3 Å². The third-order valence-corrected chi connectivity index (χ3v) is 5.82. The average molecular weight is 383 g/mol. The number of alkyl halides is 3. The highest BCUT2D eigenvalue weighted by Gasteiger charge is 2.53. The SMILES string of the molecule is CC1(C)OB(c2cc(C(=O)NC3CCCC3)ccc2C(F)(F)F)OC1(C)C. The first-order valence-corrected chi connectivity index (χ1v) is 9.28. The van der Waals surface area contributed by atoms with Crippen molar-refractivity contribution in [3.8, 4) is 0 Å². The lowest BCUT2D eigenvalue weighted by Gasteiger charge is -2.32. The van der Waals surface area contributed by atoms with Crippen molar-refractivity contribution in [1.82, 2.24) is 5.32 Å². The smallest absolute Gasteiger partial charge is 0.399 e. The lowest BCUT2D eigenvalue weighted by atomic mass is 9.75. The van der Waals surface area contributed by atoms with Crippen molar-refractivity contribution in [1.29, 1.82) is 0 Å². The van der Waals surface area contributed by atoms with E-state index in [1.807, 2.05) is 0 Å². The van der Waals surface area contributed by atoms with E-state index in [-0.39, 0.29) is 23.0 Å². The lowest BCUT2D eigenvalue weighted by molar-refractivity contribution is -0.136. The van der Waals surface area contributed by atoms with Gasteiger partial charge in [-0.3, -0.25) is 4.79 Å². The number of hydrogen-bond donors (Lipinski definition) is 1. The van der Waals surface area contributed by atoms with Crippen LogP contribution < -0.4 is 10.8 Å². The summed E-state index contributed by atoms with van der Waals surface area (Å²) in [5.41, 5.74) is -2.39. The molecule has 0 radical (unpaired) electrons. The fourth-order valence-electron chi connectivity index (χ4n) is 3.47. The molecular formula is C19H25BF3NO3. The fourth-order valence-corrected chi connectivity index (χ4v) is 3.47. The minimum Gasteiger partial charge on any atom is -0.399 e. The van der Waals surface area contributed by atoms with Gasteiger partial charge in [-0.2, -0.15) is 13.2 Å². The standard InChI is InChI=1S/C19H25BF3NO3/c1-17(2)18(3,4)27-20(26-17)15-11-12(9-10-14(15)19(21,22)23)16(25)24-13-7-5-6-8-13/h9-11,13H,5-8H2,1-4H3,(H,24,25). The zero-order chi connectivity index (χ0) is 20.0. The van der Waals surface area contributed by atoms with Crippen LogP contribution in [0.2, 0.25) is 0 Å². The molecule has 1 aliphatic carbocycles. The van der Waals surface area contributed by atoms with Crippen LogP contribution in [-0.2, 0) is 15.5 Å². The molecule has 1 aliphatic heterocycles. The average Bonchev–Trinajstić information content (AvgIpc) is 3.12. The number of amides is 1. The maximum absolute atomic E-state index is 13.5. The van der Waals surface area contributed by atoms with Gasteiger partial charge in [0.1, 0.15) is 0 Å². The van der Waals surface area contributed by atoms with Crippen LogP contribution in [0, 0.1) is 0 Å². The van der Waals surface area contributed by atoms with E-state index in [9.17, 15) is 18.0 Å². The van der Waals surface area contributed by atoms with E-state index in [0.717, 1.165) is 31.7 Å². The number of benzene rings is 1. The van der Waals surface area contributed by atoms with Crippen molar-refractivity contribution in [2.75, 3.05) is 0 Å². The van der Waals surface area contributed by atoms with E-state index in [0.29, 0.717) is 0 Å². The number of halogens is 3. The Morgan fingerprint density at radius 1 is 1.11 bits per heavy atom. The molecule has 0 unspecified atom stereocenters.